The largest absolute Gasteiger partial charge is 0.468 e. The van der Waals surface area contributed by atoms with E-state index < -0.39 is 18.1 Å². The van der Waals surface area contributed by atoms with Crippen LogP contribution in [0.5, 0.6) is 0 Å². The Labute approximate surface area is 147 Å². The lowest BCUT2D eigenvalue weighted by Crippen LogP contribution is -2.50. The summed E-state index contributed by atoms with van der Waals surface area (Å²) >= 11 is 5.16. The molecule has 1 fully saturated rings. The molecule has 0 spiro atoms. The number of ether oxygens (including phenoxy) is 2. The fourth-order valence-electron chi connectivity index (χ4n) is 2.52. The number of benzene rings is 1. The van der Waals surface area contributed by atoms with E-state index in [1.165, 1.54) is 17.1 Å². The van der Waals surface area contributed by atoms with Crippen LogP contribution in [0.3, 0.4) is 0 Å². The average Bonchev–Trinajstić information content (AvgIpc) is 2.96. The minimum absolute atomic E-state index is 0.101. The van der Waals surface area contributed by atoms with Gasteiger partial charge in [-0.15, -0.1) is 13.2 Å². The summed E-state index contributed by atoms with van der Waals surface area (Å²) in [6.07, 6.45) is 1.14. The van der Waals surface area contributed by atoms with E-state index in [1.54, 1.807) is 0 Å². The molecule has 24 heavy (non-hydrogen) atoms. The van der Waals surface area contributed by atoms with Crippen molar-refractivity contribution in [3.63, 3.8) is 0 Å². The van der Waals surface area contributed by atoms with Crippen LogP contribution < -0.4 is 0 Å². The first kappa shape index (κ1) is 18.3. The van der Waals surface area contributed by atoms with Gasteiger partial charge in [0, 0.05) is 0 Å². The zero-order chi connectivity index (χ0) is 17.5. The van der Waals surface area contributed by atoms with E-state index in [2.05, 4.69) is 13.2 Å². The Morgan fingerprint density at radius 3 is 2.79 bits per heavy atom. The van der Waals surface area contributed by atoms with Crippen LogP contribution in [-0.2, 0) is 20.7 Å². The molecule has 2 rings (SSSR count). The fourth-order valence-corrected chi connectivity index (χ4v) is 2.82. The molecule has 0 radical (unpaired) electrons. The number of nitrogens with zero attached hydrogens (tertiary/aromatic N) is 1. The second kappa shape index (κ2) is 8.73. The van der Waals surface area contributed by atoms with Crippen LogP contribution in [-0.4, -0.2) is 52.6 Å². The van der Waals surface area contributed by atoms with Gasteiger partial charge < -0.3 is 14.6 Å². The Kier molecular flexibility index (Phi) is 6.66. The van der Waals surface area contributed by atoms with Gasteiger partial charge in [-0.2, -0.15) is 0 Å². The maximum absolute atomic E-state index is 12.9. The molecule has 1 aliphatic heterocycles. The normalized spacial score (nSPS) is 19.5. The van der Waals surface area contributed by atoms with Crippen LogP contribution in [0.2, 0.25) is 0 Å². The highest BCUT2D eigenvalue weighted by Gasteiger charge is 2.40. The Hall–Kier alpha value is -2.02. The highest BCUT2D eigenvalue weighted by atomic mass is 32.1. The predicted molar refractivity (Wildman–Crippen MR) is 95.5 cm³/mol. The first-order chi connectivity index (χ1) is 11.6. The third-order valence-corrected chi connectivity index (χ3v) is 4.02. The first-order valence-electron chi connectivity index (χ1n) is 7.65. The molecule has 128 valence electrons. The highest BCUT2D eigenvalue weighted by Crippen LogP contribution is 2.20. The van der Waals surface area contributed by atoms with Crippen molar-refractivity contribution >= 4 is 23.3 Å². The molecular formula is C18H21NO4S. The molecule has 6 heteroatoms. The molecule has 0 unspecified atom stereocenters. The number of aliphatic hydroxyl groups is 1. The van der Waals surface area contributed by atoms with Gasteiger partial charge in [-0.05, 0) is 24.2 Å². The van der Waals surface area contributed by atoms with Crippen LogP contribution in [0.15, 0.2) is 55.6 Å². The molecule has 0 bridgehead atoms. The number of hydrogen-bond donors (Lipinski definition) is 1. The lowest BCUT2D eigenvalue weighted by Gasteiger charge is -2.27. The van der Waals surface area contributed by atoms with Crippen molar-refractivity contribution in [3.8, 4) is 0 Å². The molecule has 0 saturated carbocycles. The lowest BCUT2D eigenvalue weighted by atomic mass is 10.0. The van der Waals surface area contributed by atoms with Gasteiger partial charge in [0.05, 0.1) is 12.6 Å². The zero-order valence-electron chi connectivity index (χ0n) is 13.3. The average molecular weight is 347 g/mol. The number of thiocarbonyl (C=S) groups is 1. The number of carbonyl (C=O) groups excluding carboxylic acids is 1. The molecular weight excluding hydrogens is 326 g/mol. The predicted octanol–water partition coefficient (Wildman–Crippen LogP) is 1.86. The van der Waals surface area contributed by atoms with Gasteiger partial charge in [0.1, 0.15) is 12.7 Å². The Bertz CT molecular complexity index is 604. The molecule has 3 atom stereocenters. The maximum Gasteiger partial charge on any atom is 0.266 e. The van der Waals surface area contributed by atoms with Gasteiger partial charge in [0.15, 0.2) is 6.10 Å². The van der Waals surface area contributed by atoms with Crippen LogP contribution >= 0.6 is 12.2 Å². The summed E-state index contributed by atoms with van der Waals surface area (Å²) in [4.78, 5) is 14.2. The second-order valence-electron chi connectivity index (χ2n) is 5.40. The Morgan fingerprint density at radius 1 is 1.46 bits per heavy atom. The maximum atomic E-state index is 12.9. The highest BCUT2D eigenvalue weighted by molar-refractivity contribution is 7.80. The van der Waals surface area contributed by atoms with Crippen molar-refractivity contribution < 1.29 is 19.4 Å². The topological polar surface area (TPSA) is 59.0 Å². The third kappa shape index (κ3) is 4.29. The van der Waals surface area contributed by atoms with Gasteiger partial charge >= 0.3 is 0 Å². The molecule has 0 aliphatic carbocycles. The summed E-state index contributed by atoms with van der Waals surface area (Å²) in [5.41, 5.74) is 1.07. The Morgan fingerprint density at radius 2 is 2.17 bits per heavy atom. The van der Waals surface area contributed by atoms with Gasteiger partial charge in [-0.25, -0.2) is 0 Å². The zero-order valence-corrected chi connectivity index (χ0v) is 14.2. The molecule has 1 amide bonds. The summed E-state index contributed by atoms with van der Waals surface area (Å²) in [5.74, 6) is -0.437. The van der Waals surface area contributed by atoms with Crippen molar-refractivity contribution in [2.75, 3.05) is 13.2 Å². The molecule has 0 aromatic heterocycles. The molecule has 5 nitrogen and oxygen atoms in total. The van der Waals surface area contributed by atoms with E-state index in [0.717, 1.165) is 5.56 Å². The minimum atomic E-state index is -1.14. The van der Waals surface area contributed by atoms with E-state index in [1.807, 2.05) is 30.3 Å². The van der Waals surface area contributed by atoms with Gasteiger partial charge in [-0.3, -0.25) is 9.69 Å². The Balaban J connectivity index is 2.17. The molecule has 1 N–H and O–H groups in total. The smallest absolute Gasteiger partial charge is 0.266 e. The summed E-state index contributed by atoms with van der Waals surface area (Å²) in [6.45, 7) is 7.51. The first-order valence-corrected chi connectivity index (χ1v) is 8.06. The molecule has 1 heterocycles. The standard InChI is InChI=1S/C18H21NO4S/c1-3-10-22-16(15(20)4-2)17(21)19-14(12-23-18(19)24)11-13-8-6-5-7-9-13/h3-9,14-16,20H,1-2,10-12H2/t14-,15-,16+/m0/s1. The van der Waals surface area contributed by atoms with E-state index in [9.17, 15) is 9.90 Å². The van der Waals surface area contributed by atoms with Crippen LogP contribution in [0, 0.1) is 0 Å². The summed E-state index contributed by atoms with van der Waals surface area (Å²) in [7, 11) is 0. The minimum Gasteiger partial charge on any atom is -0.468 e. The van der Waals surface area contributed by atoms with Gasteiger partial charge in [0.2, 0.25) is 0 Å². The van der Waals surface area contributed by atoms with Crippen molar-refractivity contribution in [1.82, 2.24) is 4.90 Å². The number of amides is 1. The van der Waals surface area contributed by atoms with Crippen molar-refractivity contribution in [3.05, 3.63) is 61.2 Å². The summed E-state index contributed by atoms with van der Waals surface area (Å²) in [6, 6.07) is 9.53. The number of rotatable bonds is 8. The number of aliphatic hydroxyl groups excluding tert-OH is 1. The van der Waals surface area contributed by atoms with E-state index in [-0.39, 0.29) is 17.8 Å². The fraction of sp³-hybridized carbons (Fsp3) is 0.333. The summed E-state index contributed by atoms with van der Waals surface area (Å²) in [5, 5.41) is 10.1. The van der Waals surface area contributed by atoms with Crippen LogP contribution in [0.4, 0.5) is 0 Å². The van der Waals surface area contributed by atoms with Crippen molar-refractivity contribution in [2.45, 2.75) is 24.7 Å². The van der Waals surface area contributed by atoms with E-state index in [0.29, 0.717) is 13.0 Å². The monoisotopic (exact) mass is 347 g/mol. The van der Waals surface area contributed by atoms with Gasteiger partial charge in [-0.1, -0.05) is 42.5 Å². The summed E-state index contributed by atoms with van der Waals surface area (Å²) < 4.78 is 10.8. The number of carbonyl (C=O) groups is 1. The number of hydrogen-bond acceptors (Lipinski definition) is 5. The van der Waals surface area contributed by atoms with Gasteiger partial charge in [0.25, 0.3) is 11.1 Å². The molecule has 1 aromatic carbocycles. The van der Waals surface area contributed by atoms with Crippen LogP contribution in [0.1, 0.15) is 5.56 Å². The van der Waals surface area contributed by atoms with Crippen molar-refractivity contribution in [1.29, 1.82) is 0 Å². The molecule has 1 aromatic rings. The van der Waals surface area contributed by atoms with E-state index >= 15 is 0 Å². The van der Waals surface area contributed by atoms with Crippen LogP contribution in [0.25, 0.3) is 0 Å². The quantitative estimate of drug-likeness (QED) is 0.575. The molecule has 1 saturated heterocycles. The SMILES string of the molecule is C=CCO[C@@H](C(=O)N1C(=S)OC[C@@H]1Cc1ccccc1)[C@@H](O)C=C. The van der Waals surface area contributed by atoms with Crippen molar-refractivity contribution in [2.24, 2.45) is 0 Å². The van der Waals surface area contributed by atoms with E-state index in [4.69, 9.17) is 21.7 Å². The second-order valence-corrected chi connectivity index (χ2v) is 5.75. The lowest BCUT2D eigenvalue weighted by molar-refractivity contribution is -0.145. The third-order valence-electron chi connectivity index (χ3n) is 3.70. The molecule has 1 aliphatic rings.